The molecule has 1 N–H and O–H groups in total. The van der Waals surface area contributed by atoms with Gasteiger partial charge in [0.15, 0.2) is 0 Å². The molecule has 0 spiro atoms. The minimum atomic E-state index is -0.358. The van der Waals surface area contributed by atoms with Crippen LogP contribution in [0.1, 0.15) is 16.1 Å². The van der Waals surface area contributed by atoms with Crippen LogP contribution < -0.4 is 5.49 Å². The van der Waals surface area contributed by atoms with Crippen LogP contribution in [0.2, 0.25) is 0 Å². The summed E-state index contributed by atoms with van der Waals surface area (Å²) in [6, 6.07) is 25.2. The number of hydrogen-bond donors (Lipinski definition) is 1. The van der Waals surface area contributed by atoms with Gasteiger partial charge in [-0.05, 0) is 35.9 Å². The summed E-state index contributed by atoms with van der Waals surface area (Å²) in [4.78, 5) is 17.0. The van der Waals surface area contributed by atoms with E-state index >= 15 is 0 Å². The fraction of sp³-hybridized carbons (Fsp3) is 0.0455. The Morgan fingerprint density at radius 1 is 1.00 bits per heavy atom. The number of nitrogens with one attached hydrogen (secondary N) is 1. The van der Waals surface area contributed by atoms with Gasteiger partial charge in [-0.15, -0.1) is 0 Å². The average Bonchev–Trinajstić information content (AvgIpc) is 3.21. The summed E-state index contributed by atoms with van der Waals surface area (Å²) in [6.07, 6.45) is 1.92. The second kappa shape index (κ2) is 8.19. The van der Waals surface area contributed by atoms with Crippen molar-refractivity contribution in [3.63, 3.8) is 0 Å². The molecule has 0 unspecified atom stereocenters. The molecule has 4 aromatic rings. The zero-order chi connectivity index (χ0) is 19.3. The Morgan fingerprint density at radius 2 is 1.75 bits per heavy atom. The van der Waals surface area contributed by atoms with Crippen molar-refractivity contribution in [3.05, 3.63) is 106 Å². The minimum Gasteiger partial charge on any atom is -0.328 e. The number of carbonyl (C=O) groups excluding carboxylic acids is 1. The maximum Gasteiger partial charge on any atom is 0.296 e. The lowest BCUT2D eigenvalue weighted by Crippen LogP contribution is -2.22. The molecule has 28 heavy (non-hydrogen) atoms. The van der Waals surface area contributed by atoms with Crippen molar-refractivity contribution < 1.29 is 4.79 Å². The molecule has 1 amide bonds. The van der Waals surface area contributed by atoms with E-state index in [1.807, 2.05) is 83.6 Å². The van der Waals surface area contributed by atoms with E-state index in [0.717, 1.165) is 15.6 Å². The quantitative estimate of drug-likeness (QED) is 0.518. The van der Waals surface area contributed by atoms with Gasteiger partial charge in [0, 0.05) is 22.8 Å². The van der Waals surface area contributed by atoms with Crippen LogP contribution in [-0.4, -0.2) is 20.7 Å². The topological polar surface area (TPSA) is 63.0 Å². The molecule has 0 aliphatic heterocycles. The molecule has 2 aromatic heterocycles. The maximum atomic E-state index is 12.7. The zero-order valence-electron chi connectivity index (χ0n) is 14.9. The molecule has 0 fully saturated rings. The number of halogens is 1. The van der Waals surface area contributed by atoms with Crippen molar-refractivity contribution >= 4 is 21.8 Å². The van der Waals surface area contributed by atoms with Crippen LogP contribution in [-0.2, 0) is 6.54 Å². The first-order valence-electron chi connectivity index (χ1n) is 8.79. The summed E-state index contributed by atoms with van der Waals surface area (Å²) in [5.41, 5.74) is 3.72. The van der Waals surface area contributed by atoms with Crippen LogP contribution in [0, 0.1) is 0 Å². The Hall–Kier alpha value is -3.25. The summed E-state index contributed by atoms with van der Waals surface area (Å²) in [5.74, 6) is -0.358. The van der Waals surface area contributed by atoms with Gasteiger partial charge in [-0.25, -0.2) is 0 Å². The third-order valence-electron chi connectivity index (χ3n) is 4.28. The third-order valence-corrected chi connectivity index (χ3v) is 4.81. The second-order valence-corrected chi connectivity index (χ2v) is 7.18. The van der Waals surface area contributed by atoms with Gasteiger partial charge >= 0.3 is 0 Å². The van der Waals surface area contributed by atoms with Crippen LogP contribution in [0.25, 0.3) is 11.3 Å². The molecule has 138 valence electrons. The van der Waals surface area contributed by atoms with Gasteiger partial charge in [0.05, 0.1) is 5.69 Å². The molecule has 0 saturated heterocycles. The number of rotatable bonds is 4. The average molecular weight is 433 g/mol. The molecule has 5 nitrogen and oxygen atoms in total. The fourth-order valence-electron chi connectivity index (χ4n) is 2.85. The molecular weight excluding hydrogens is 416 g/mol. The number of aromatic nitrogens is 3. The minimum absolute atomic E-state index is 0.355. The van der Waals surface area contributed by atoms with Crippen LogP contribution in [0.15, 0.2) is 94.5 Å². The SMILES string of the molecule is O=C(N=c1ccccn1Cc1ccccc1)c1cc(-c2ccc(Br)cc2)n[nH]1. The number of pyridine rings is 1. The highest BCUT2D eigenvalue weighted by molar-refractivity contribution is 9.10. The number of nitrogens with zero attached hydrogens (tertiary/aromatic N) is 3. The third kappa shape index (κ3) is 4.18. The second-order valence-electron chi connectivity index (χ2n) is 6.26. The lowest BCUT2D eigenvalue weighted by Gasteiger charge is -2.07. The van der Waals surface area contributed by atoms with E-state index in [2.05, 4.69) is 31.1 Å². The Morgan fingerprint density at radius 3 is 2.54 bits per heavy atom. The van der Waals surface area contributed by atoms with Gasteiger partial charge in [0.1, 0.15) is 11.2 Å². The molecule has 2 aromatic carbocycles. The summed E-state index contributed by atoms with van der Waals surface area (Å²) < 4.78 is 2.93. The smallest absolute Gasteiger partial charge is 0.296 e. The molecular formula is C22H17BrN4O. The van der Waals surface area contributed by atoms with Gasteiger partial charge in [-0.3, -0.25) is 9.89 Å². The number of amides is 1. The predicted octanol–water partition coefficient (Wildman–Crippen LogP) is 4.43. The highest BCUT2D eigenvalue weighted by Crippen LogP contribution is 2.20. The lowest BCUT2D eigenvalue weighted by atomic mass is 10.1. The van der Waals surface area contributed by atoms with E-state index in [1.54, 1.807) is 6.07 Å². The van der Waals surface area contributed by atoms with Crippen LogP contribution in [0.3, 0.4) is 0 Å². The summed E-state index contributed by atoms with van der Waals surface area (Å²) >= 11 is 3.41. The van der Waals surface area contributed by atoms with E-state index in [0.29, 0.717) is 23.4 Å². The van der Waals surface area contributed by atoms with Crippen molar-refractivity contribution in [2.75, 3.05) is 0 Å². The van der Waals surface area contributed by atoms with E-state index in [4.69, 9.17) is 0 Å². The molecule has 2 heterocycles. The molecule has 6 heteroatoms. The predicted molar refractivity (Wildman–Crippen MR) is 112 cm³/mol. The maximum absolute atomic E-state index is 12.7. The van der Waals surface area contributed by atoms with E-state index in [9.17, 15) is 4.79 Å². The number of carbonyl (C=O) groups is 1. The molecule has 0 aliphatic rings. The zero-order valence-corrected chi connectivity index (χ0v) is 16.5. The van der Waals surface area contributed by atoms with E-state index in [-0.39, 0.29) is 5.91 Å². The largest absolute Gasteiger partial charge is 0.328 e. The molecule has 0 bridgehead atoms. The number of H-pyrrole nitrogens is 1. The summed E-state index contributed by atoms with van der Waals surface area (Å²) in [6.45, 7) is 0.640. The summed E-state index contributed by atoms with van der Waals surface area (Å²) in [5, 5.41) is 7.03. The Labute approximate surface area is 170 Å². The number of aromatic amines is 1. The monoisotopic (exact) mass is 432 g/mol. The standard InChI is InChI=1S/C22H17BrN4O/c23-18-11-9-17(10-12-18)19-14-20(26-25-19)22(28)24-21-8-4-5-13-27(21)15-16-6-2-1-3-7-16/h1-14H,15H2,(H,25,26). The molecule has 0 atom stereocenters. The van der Waals surface area contributed by atoms with Gasteiger partial charge in [0.2, 0.25) is 0 Å². The number of hydrogen-bond acceptors (Lipinski definition) is 2. The molecule has 0 saturated carbocycles. The van der Waals surface area contributed by atoms with Gasteiger partial charge in [-0.1, -0.05) is 64.5 Å². The van der Waals surface area contributed by atoms with Crippen molar-refractivity contribution in [1.29, 1.82) is 0 Å². The van der Waals surface area contributed by atoms with Crippen molar-refractivity contribution in [3.8, 4) is 11.3 Å². The van der Waals surface area contributed by atoms with Crippen LogP contribution in [0.4, 0.5) is 0 Å². The first kappa shape index (κ1) is 18.1. The van der Waals surface area contributed by atoms with E-state index < -0.39 is 0 Å². The number of benzene rings is 2. The normalized spacial score (nSPS) is 11.5. The van der Waals surface area contributed by atoms with Gasteiger partial charge in [0.25, 0.3) is 5.91 Å². The fourth-order valence-corrected chi connectivity index (χ4v) is 3.11. The molecule has 4 rings (SSSR count). The molecule has 0 aliphatic carbocycles. The van der Waals surface area contributed by atoms with Crippen molar-refractivity contribution in [2.45, 2.75) is 6.54 Å². The van der Waals surface area contributed by atoms with Gasteiger partial charge < -0.3 is 4.57 Å². The highest BCUT2D eigenvalue weighted by Gasteiger charge is 2.10. The highest BCUT2D eigenvalue weighted by atomic mass is 79.9. The van der Waals surface area contributed by atoms with Crippen LogP contribution >= 0.6 is 15.9 Å². The van der Waals surface area contributed by atoms with Crippen molar-refractivity contribution in [1.82, 2.24) is 14.8 Å². The van der Waals surface area contributed by atoms with Gasteiger partial charge in [-0.2, -0.15) is 10.1 Å². The summed E-state index contributed by atoms with van der Waals surface area (Å²) in [7, 11) is 0. The van der Waals surface area contributed by atoms with E-state index in [1.165, 1.54) is 0 Å². The Kier molecular flexibility index (Phi) is 5.30. The lowest BCUT2D eigenvalue weighted by molar-refractivity contribution is 0.0992. The molecule has 0 radical (unpaired) electrons. The first-order chi connectivity index (χ1) is 13.7. The Bertz CT molecular complexity index is 1160. The first-order valence-corrected chi connectivity index (χ1v) is 9.58. The van der Waals surface area contributed by atoms with Crippen molar-refractivity contribution in [2.24, 2.45) is 4.99 Å². The van der Waals surface area contributed by atoms with Crippen LogP contribution in [0.5, 0.6) is 0 Å². The Balaban J connectivity index is 1.61.